The number of amides is 1. The average Bonchev–Trinajstić information content (AvgIpc) is 3.13. The van der Waals surface area contributed by atoms with Crippen molar-refractivity contribution in [3.8, 4) is 0 Å². The van der Waals surface area contributed by atoms with E-state index in [2.05, 4.69) is 20.5 Å². The smallest absolute Gasteiger partial charge is 0.308 e. The lowest BCUT2D eigenvalue weighted by atomic mass is 9.97. The van der Waals surface area contributed by atoms with E-state index < -0.39 is 0 Å². The van der Waals surface area contributed by atoms with Gasteiger partial charge >= 0.3 is 11.8 Å². The van der Waals surface area contributed by atoms with Crippen LogP contribution in [0.5, 0.6) is 0 Å². The molecular formula is C15H20N4O3S. The van der Waals surface area contributed by atoms with Crippen LogP contribution in [0.25, 0.3) is 0 Å². The number of ether oxygens (including phenoxy) is 1. The van der Waals surface area contributed by atoms with Crippen LogP contribution in [0, 0.1) is 0 Å². The number of carbonyl (C=O) groups excluding carboxylic acids is 1. The Morgan fingerprint density at radius 2 is 2.17 bits per heavy atom. The highest BCUT2D eigenvalue weighted by Crippen LogP contribution is 2.23. The fraction of sp³-hybridized carbons (Fsp3) is 0.600. The van der Waals surface area contributed by atoms with Crippen LogP contribution in [-0.4, -0.2) is 34.2 Å². The zero-order valence-corrected chi connectivity index (χ0v) is 14.3. The summed E-state index contributed by atoms with van der Waals surface area (Å²) in [7, 11) is 0. The monoisotopic (exact) mass is 336 g/mol. The molecule has 0 fully saturated rings. The first-order chi connectivity index (χ1) is 10.9. The van der Waals surface area contributed by atoms with Gasteiger partial charge in [-0.1, -0.05) is 20.8 Å². The molecule has 1 aliphatic rings. The first kappa shape index (κ1) is 16.1. The number of carbonyl (C=O) groups is 1. The quantitative estimate of drug-likeness (QED) is 0.916. The lowest BCUT2D eigenvalue weighted by molar-refractivity contribution is 0.0916. The highest BCUT2D eigenvalue weighted by molar-refractivity contribution is 7.11. The second kappa shape index (κ2) is 6.37. The van der Waals surface area contributed by atoms with E-state index in [-0.39, 0.29) is 17.2 Å². The number of rotatable bonds is 4. The van der Waals surface area contributed by atoms with E-state index in [0.29, 0.717) is 25.5 Å². The minimum atomic E-state index is -0.349. The maximum atomic E-state index is 12.0. The Hall–Kier alpha value is -1.80. The second-order valence-corrected chi connectivity index (χ2v) is 7.62. The van der Waals surface area contributed by atoms with Crippen LogP contribution in [0.3, 0.4) is 0 Å². The van der Waals surface area contributed by atoms with Gasteiger partial charge in [-0.05, 0) is 0 Å². The molecule has 0 saturated heterocycles. The molecule has 0 atom stereocenters. The molecule has 7 nitrogen and oxygen atoms in total. The standard InChI is InChI=1S/C15H20N4O3S/c1-15(2,3)14-19-18-13(22-14)12(20)16-6-4-11-17-9-5-7-21-8-10(9)23-11/h4-8H2,1-3H3,(H,16,20). The number of hydrogen-bond acceptors (Lipinski definition) is 7. The molecule has 8 heteroatoms. The third kappa shape index (κ3) is 3.76. The minimum Gasteiger partial charge on any atom is -0.416 e. The van der Waals surface area contributed by atoms with Crippen molar-refractivity contribution in [1.82, 2.24) is 20.5 Å². The van der Waals surface area contributed by atoms with Crippen LogP contribution in [0.2, 0.25) is 0 Å². The molecule has 0 aliphatic carbocycles. The minimum absolute atomic E-state index is 0.00163. The van der Waals surface area contributed by atoms with Gasteiger partial charge in [0.2, 0.25) is 5.89 Å². The number of aromatic nitrogens is 3. The maximum absolute atomic E-state index is 12.0. The number of hydrogen-bond donors (Lipinski definition) is 1. The highest BCUT2D eigenvalue weighted by atomic mass is 32.1. The molecule has 3 rings (SSSR count). The van der Waals surface area contributed by atoms with E-state index in [0.717, 1.165) is 23.7 Å². The molecule has 0 bridgehead atoms. The van der Waals surface area contributed by atoms with E-state index in [9.17, 15) is 4.79 Å². The summed E-state index contributed by atoms with van der Waals surface area (Å²) in [6.07, 6.45) is 1.55. The number of thiazole rings is 1. The Morgan fingerprint density at radius 3 is 2.87 bits per heavy atom. The molecule has 3 heterocycles. The molecule has 1 aliphatic heterocycles. The predicted molar refractivity (Wildman–Crippen MR) is 84.5 cm³/mol. The third-order valence-electron chi connectivity index (χ3n) is 3.42. The lowest BCUT2D eigenvalue weighted by Gasteiger charge is -2.10. The van der Waals surface area contributed by atoms with Gasteiger partial charge in [-0.2, -0.15) is 0 Å². The summed E-state index contributed by atoms with van der Waals surface area (Å²) in [4.78, 5) is 17.8. The Morgan fingerprint density at radius 1 is 1.35 bits per heavy atom. The zero-order chi connectivity index (χ0) is 16.4. The van der Waals surface area contributed by atoms with Crippen molar-refractivity contribution in [3.63, 3.8) is 0 Å². The molecule has 23 heavy (non-hydrogen) atoms. The molecule has 2 aromatic rings. The largest absolute Gasteiger partial charge is 0.416 e. The van der Waals surface area contributed by atoms with E-state index in [1.54, 1.807) is 11.3 Å². The van der Waals surface area contributed by atoms with Gasteiger partial charge in [0.25, 0.3) is 0 Å². The highest BCUT2D eigenvalue weighted by Gasteiger charge is 2.24. The van der Waals surface area contributed by atoms with E-state index in [1.165, 1.54) is 4.88 Å². The molecule has 1 N–H and O–H groups in total. The molecule has 124 valence electrons. The van der Waals surface area contributed by atoms with Gasteiger partial charge in [0.15, 0.2) is 0 Å². The van der Waals surface area contributed by atoms with Gasteiger partial charge in [-0.3, -0.25) is 4.79 Å². The zero-order valence-electron chi connectivity index (χ0n) is 13.5. The summed E-state index contributed by atoms with van der Waals surface area (Å²) in [6, 6.07) is 0. The summed E-state index contributed by atoms with van der Waals surface area (Å²) in [6.45, 7) is 7.73. The van der Waals surface area contributed by atoms with E-state index in [4.69, 9.17) is 9.15 Å². The van der Waals surface area contributed by atoms with Crippen LogP contribution in [0.15, 0.2) is 4.42 Å². The van der Waals surface area contributed by atoms with Crippen LogP contribution in [0.4, 0.5) is 0 Å². The molecule has 0 spiro atoms. The molecule has 1 amide bonds. The van der Waals surface area contributed by atoms with Crippen molar-refractivity contribution in [2.45, 2.75) is 45.6 Å². The van der Waals surface area contributed by atoms with Crippen LogP contribution in [0.1, 0.15) is 52.9 Å². The fourth-order valence-electron chi connectivity index (χ4n) is 2.16. The summed E-state index contributed by atoms with van der Waals surface area (Å²) in [5.41, 5.74) is 0.863. The van der Waals surface area contributed by atoms with Crippen LogP contribution >= 0.6 is 11.3 Å². The predicted octanol–water partition coefficient (Wildman–Crippen LogP) is 1.87. The van der Waals surface area contributed by atoms with Gasteiger partial charge in [-0.25, -0.2) is 4.98 Å². The summed E-state index contributed by atoms with van der Waals surface area (Å²) in [5.74, 6) is 0.106. The van der Waals surface area contributed by atoms with Gasteiger partial charge in [0.05, 0.1) is 28.8 Å². The summed E-state index contributed by atoms with van der Waals surface area (Å²) in [5, 5.41) is 11.5. The van der Waals surface area contributed by atoms with Crippen molar-refractivity contribution in [1.29, 1.82) is 0 Å². The van der Waals surface area contributed by atoms with Crippen molar-refractivity contribution >= 4 is 17.2 Å². The molecule has 0 saturated carbocycles. The Bertz CT molecular complexity index is 678. The van der Waals surface area contributed by atoms with Gasteiger partial charge in [0.1, 0.15) is 0 Å². The molecule has 0 aromatic carbocycles. The molecule has 0 unspecified atom stereocenters. The van der Waals surface area contributed by atoms with E-state index in [1.807, 2.05) is 20.8 Å². The first-order valence-corrected chi connectivity index (χ1v) is 8.42. The van der Waals surface area contributed by atoms with Crippen molar-refractivity contribution in [2.24, 2.45) is 0 Å². The number of nitrogens with one attached hydrogen (secondary N) is 1. The van der Waals surface area contributed by atoms with Gasteiger partial charge < -0.3 is 14.5 Å². The fourth-order valence-corrected chi connectivity index (χ4v) is 3.21. The number of nitrogens with zero attached hydrogens (tertiary/aromatic N) is 3. The normalized spacial score (nSPS) is 14.6. The number of fused-ring (bicyclic) bond motifs is 1. The third-order valence-corrected chi connectivity index (χ3v) is 4.56. The molecule has 2 aromatic heterocycles. The first-order valence-electron chi connectivity index (χ1n) is 7.61. The van der Waals surface area contributed by atoms with Crippen molar-refractivity contribution in [2.75, 3.05) is 13.2 Å². The Labute approximate surface area is 138 Å². The Kier molecular flexibility index (Phi) is 4.45. The van der Waals surface area contributed by atoms with Gasteiger partial charge in [-0.15, -0.1) is 21.5 Å². The molecular weight excluding hydrogens is 316 g/mol. The SMILES string of the molecule is CC(C)(C)c1nnc(C(=O)NCCc2nc3c(s2)COCC3)o1. The van der Waals surface area contributed by atoms with Crippen molar-refractivity contribution < 1.29 is 13.9 Å². The lowest BCUT2D eigenvalue weighted by Crippen LogP contribution is -2.26. The van der Waals surface area contributed by atoms with Crippen molar-refractivity contribution in [3.05, 3.63) is 27.4 Å². The maximum Gasteiger partial charge on any atom is 0.308 e. The van der Waals surface area contributed by atoms with Crippen LogP contribution < -0.4 is 5.32 Å². The molecule has 0 radical (unpaired) electrons. The van der Waals surface area contributed by atoms with Crippen LogP contribution in [-0.2, 0) is 29.6 Å². The van der Waals surface area contributed by atoms with E-state index >= 15 is 0 Å². The second-order valence-electron chi connectivity index (χ2n) is 6.45. The summed E-state index contributed by atoms with van der Waals surface area (Å²) >= 11 is 1.65. The van der Waals surface area contributed by atoms with Gasteiger partial charge in [0, 0.05) is 24.8 Å². The Balaban J connectivity index is 1.53. The average molecular weight is 336 g/mol. The summed E-state index contributed by atoms with van der Waals surface area (Å²) < 4.78 is 10.8. The topological polar surface area (TPSA) is 90.1 Å².